The van der Waals surface area contributed by atoms with Crippen molar-refractivity contribution in [3.05, 3.63) is 62.9 Å². The first-order valence-electron chi connectivity index (χ1n) is 8.01. The van der Waals surface area contributed by atoms with Crippen molar-refractivity contribution in [2.75, 3.05) is 11.4 Å². The van der Waals surface area contributed by atoms with E-state index in [9.17, 15) is 4.79 Å². The summed E-state index contributed by atoms with van der Waals surface area (Å²) < 4.78 is 5.36. The van der Waals surface area contributed by atoms with E-state index in [1.165, 1.54) is 4.88 Å². The van der Waals surface area contributed by atoms with Crippen LogP contribution in [0.5, 0.6) is 0 Å². The maximum atomic E-state index is 12.5. The lowest BCUT2D eigenvalue weighted by atomic mass is 10.1. The number of rotatable bonds is 4. The van der Waals surface area contributed by atoms with Gasteiger partial charge in [0.25, 0.3) is 0 Å². The lowest BCUT2D eigenvalue weighted by Gasteiger charge is -2.19. The van der Waals surface area contributed by atoms with Crippen LogP contribution < -0.4 is 4.90 Å². The van der Waals surface area contributed by atoms with Crippen LogP contribution in [0.25, 0.3) is 0 Å². The van der Waals surface area contributed by atoms with Crippen molar-refractivity contribution < 1.29 is 9.32 Å². The van der Waals surface area contributed by atoms with Crippen LogP contribution in [0, 0.1) is 6.92 Å². The van der Waals surface area contributed by atoms with Gasteiger partial charge < -0.3 is 9.42 Å². The number of benzene rings is 1. The molecule has 25 heavy (non-hydrogen) atoms. The molecule has 1 fully saturated rings. The summed E-state index contributed by atoms with van der Waals surface area (Å²) in [4.78, 5) is 19.9. The highest BCUT2D eigenvalue weighted by atomic mass is 35.5. The molecular weight excluding hydrogens is 358 g/mol. The van der Waals surface area contributed by atoms with Crippen molar-refractivity contribution in [2.45, 2.75) is 25.7 Å². The molecule has 1 unspecified atom stereocenters. The number of hydrogen-bond acceptors (Lipinski definition) is 5. The Bertz CT molecular complexity index is 907. The molecule has 4 rings (SSSR count). The first-order chi connectivity index (χ1) is 12.1. The lowest BCUT2D eigenvalue weighted by Crippen LogP contribution is -2.25. The van der Waals surface area contributed by atoms with Gasteiger partial charge in [-0.05, 0) is 36.1 Å². The van der Waals surface area contributed by atoms with Crippen LogP contribution in [0.3, 0.4) is 0 Å². The van der Waals surface area contributed by atoms with Crippen LogP contribution in [0.4, 0.5) is 5.69 Å². The Morgan fingerprint density at radius 1 is 1.40 bits per heavy atom. The maximum absolute atomic E-state index is 12.5. The molecule has 3 aromatic rings. The van der Waals surface area contributed by atoms with Gasteiger partial charge in [-0.25, -0.2) is 0 Å². The Balaban J connectivity index is 1.52. The number of aromatic nitrogens is 2. The van der Waals surface area contributed by atoms with Gasteiger partial charge in [0, 0.05) is 34.5 Å². The Morgan fingerprint density at radius 2 is 2.28 bits per heavy atom. The lowest BCUT2D eigenvalue weighted by molar-refractivity contribution is -0.117. The number of carbonyl (C=O) groups is 1. The summed E-state index contributed by atoms with van der Waals surface area (Å²) in [6, 6.07) is 9.62. The van der Waals surface area contributed by atoms with Crippen LogP contribution in [0.1, 0.15) is 34.5 Å². The van der Waals surface area contributed by atoms with Crippen molar-refractivity contribution in [3.8, 4) is 0 Å². The molecule has 1 amide bonds. The Hall–Kier alpha value is -2.18. The minimum atomic E-state index is -0.0632. The summed E-state index contributed by atoms with van der Waals surface area (Å²) in [6.45, 7) is 2.51. The molecule has 0 spiro atoms. The van der Waals surface area contributed by atoms with E-state index < -0.39 is 0 Å². The van der Waals surface area contributed by atoms with Crippen LogP contribution in [0.15, 0.2) is 40.2 Å². The zero-order chi connectivity index (χ0) is 17.4. The molecule has 0 N–H and O–H groups in total. The summed E-state index contributed by atoms with van der Waals surface area (Å²) in [5, 5.41) is 6.74. The highest BCUT2D eigenvalue weighted by molar-refractivity contribution is 7.09. The summed E-state index contributed by atoms with van der Waals surface area (Å²) in [5.41, 5.74) is 1.87. The molecule has 7 heteroatoms. The number of thiophene rings is 1. The second kappa shape index (κ2) is 6.61. The van der Waals surface area contributed by atoms with E-state index in [4.69, 9.17) is 16.1 Å². The number of nitrogens with zero attached hydrogens (tertiary/aromatic N) is 3. The number of carbonyl (C=O) groups excluding carboxylic acids is 1. The number of anilines is 1. The standard InChI is InChI=1S/C18H16ClN3O2S/c1-11-4-5-13(19)8-15(11)22-10-12(7-17(22)23)18-20-16(24-21-18)9-14-3-2-6-25-14/h2-6,8,12H,7,9-10H2,1H3. The van der Waals surface area contributed by atoms with E-state index >= 15 is 0 Å². The predicted molar refractivity (Wildman–Crippen MR) is 97.3 cm³/mol. The van der Waals surface area contributed by atoms with Crippen molar-refractivity contribution in [3.63, 3.8) is 0 Å². The maximum Gasteiger partial charge on any atom is 0.231 e. The van der Waals surface area contributed by atoms with Gasteiger partial charge in [0.1, 0.15) is 0 Å². The zero-order valence-electron chi connectivity index (χ0n) is 13.6. The third-order valence-electron chi connectivity index (χ3n) is 4.34. The number of hydrogen-bond donors (Lipinski definition) is 0. The Morgan fingerprint density at radius 3 is 3.08 bits per heavy atom. The van der Waals surface area contributed by atoms with Crippen molar-refractivity contribution >= 4 is 34.5 Å². The molecule has 0 radical (unpaired) electrons. The molecule has 5 nitrogen and oxygen atoms in total. The number of amides is 1. The third-order valence-corrected chi connectivity index (χ3v) is 5.45. The van der Waals surface area contributed by atoms with E-state index in [2.05, 4.69) is 10.1 Å². The van der Waals surface area contributed by atoms with Gasteiger partial charge in [-0.15, -0.1) is 11.3 Å². The van der Waals surface area contributed by atoms with Gasteiger partial charge in [-0.2, -0.15) is 4.98 Å². The first kappa shape index (κ1) is 16.3. The molecular formula is C18H16ClN3O2S. The van der Waals surface area contributed by atoms with Gasteiger partial charge in [0.15, 0.2) is 5.82 Å². The molecule has 1 saturated heterocycles. The summed E-state index contributed by atoms with van der Waals surface area (Å²) >= 11 is 7.75. The fraction of sp³-hybridized carbons (Fsp3) is 0.278. The van der Waals surface area contributed by atoms with E-state index in [-0.39, 0.29) is 11.8 Å². The van der Waals surface area contributed by atoms with Gasteiger partial charge >= 0.3 is 0 Å². The van der Waals surface area contributed by atoms with E-state index in [0.29, 0.717) is 36.1 Å². The summed E-state index contributed by atoms with van der Waals surface area (Å²) in [6.07, 6.45) is 1.01. The molecule has 2 aromatic heterocycles. The molecule has 0 bridgehead atoms. The molecule has 1 aromatic carbocycles. The Labute approximate surface area is 154 Å². The van der Waals surface area contributed by atoms with Gasteiger partial charge in [-0.3, -0.25) is 4.79 Å². The average molecular weight is 374 g/mol. The van der Waals surface area contributed by atoms with Crippen molar-refractivity contribution in [1.29, 1.82) is 0 Å². The topological polar surface area (TPSA) is 59.2 Å². The van der Waals surface area contributed by atoms with Gasteiger partial charge in [0.2, 0.25) is 11.8 Å². The molecule has 3 heterocycles. The number of halogens is 1. The number of aryl methyl sites for hydroxylation is 1. The molecule has 1 aliphatic heterocycles. The monoisotopic (exact) mass is 373 g/mol. The second-order valence-corrected chi connectivity index (χ2v) is 7.61. The molecule has 128 valence electrons. The second-order valence-electron chi connectivity index (χ2n) is 6.14. The van der Waals surface area contributed by atoms with Crippen LogP contribution in [-0.2, 0) is 11.2 Å². The van der Waals surface area contributed by atoms with Crippen molar-refractivity contribution in [2.24, 2.45) is 0 Å². The fourth-order valence-corrected chi connectivity index (χ4v) is 3.92. The Kier molecular flexibility index (Phi) is 4.31. The normalized spacial score (nSPS) is 17.4. The van der Waals surface area contributed by atoms with Gasteiger partial charge in [0.05, 0.1) is 6.42 Å². The molecule has 1 atom stereocenters. The third kappa shape index (κ3) is 3.32. The smallest absolute Gasteiger partial charge is 0.231 e. The minimum absolute atomic E-state index is 0.0555. The van der Waals surface area contributed by atoms with E-state index in [1.54, 1.807) is 16.2 Å². The quantitative estimate of drug-likeness (QED) is 0.687. The highest BCUT2D eigenvalue weighted by Gasteiger charge is 2.35. The van der Waals surface area contributed by atoms with Gasteiger partial charge in [-0.1, -0.05) is 28.9 Å². The molecule has 1 aliphatic rings. The molecule has 0 aliphatic carbocycles. The van der Waals surface area contributed by atoms with Crippen LogP contribution in [-0.4, -0.2) is 22.6 Å². The predicted octanol–water partition coefficient (Wildman–Crippen LogP) is 4.20. The average Bonchev–Trinajstić information content (AvgIpc) is 3.32. The van der Waals surface area contributed by atoms with E-state index in [0.717, 1.165) is 11.3 Å². The highest BCUT2D eigenvalue weighted by Crippen LogP contribution is 2.33. The first-order valence-corrected chi connectivity index (χ1v) is 9.27. The fourth-order valence-electron chi connectivity index (χ4n) is 3.05. The minimum Gasteiger partial charge on any atom is -0.339 e. The van der Waals surface area contributed by atoms with E-state index in [1.807, 2.05) is 42.6 Å². The molecule has 0 saturated carbocycles. The van der Waals surface area contributed by atoms with Crippen LogP contribution in [0.2, 0.25) is 5.02 Å². The van der Waals surface area contributed by atoms with Crippen LogP contribution >= 0.6 is 22.9 Å². The summed E-state index contributed by atoms with van der Waals surface area (Å²) in [5.74, 6) is 1.18. The summed E-state index contributed by atoms with van der Waals surface area (Å²) in [7, 11) is 0. The SMILES string of the molecule is Cc1ccc(Cl)cc1N1CC(c2noc(Cc3cccs3)n2)CC1=O. The zero-order valence-corrected chi connectivity index (χ0v) is 15.2. The van der Waals surface area contributed by atoms with Crippen molar-refractivity contribution in [1.82, 2.24) is 10.1 Å². The largest absolute Gasteiger partial charge is 0.339 e.